The van der Waals surface area contributed by atoms with Crippen LogP contribution in [0.3, 0.4) is 0 Å². The maximum absolute atomic E-state index is 12.0. The fourth-order valence-corrected chi connectivity index (χ4v) is 2.46. The molecule has 1 N–H and O–H groups in total. The molecular weight excluding hydrogens is 327 g/mol. The molecular formula is C15H12Cl2N2O3. The second-order valence-electron chi connectivity index (χ2n) is 4.52. The lowest BCUT2D eigenvalue weighted by molar-refractivity contribution is -0.385. The van der Waals surface area contributed by atoms with E-state index in [1.54, 1.807) is 24.3 Å². The zero-order valence-corrected chi connectivity index (χ0v) is 12.9. The third-order valence-corrected chi connectivity index (χ3v) is 3.63. The Kier molecular flexibility index (Phi) is 5.35. The third kappa shape index (κ3) is 3.96. The summed E-state index contributed by atoms with van der Waals surface area (Å²) in [4.78, 5) is 22.3. The maximum Gasteiger partial charge on any atom is 0.282 e. The Balaban J connectivity index is 2.00. The van der Waals surface area contributed by atoms with Crippen LogP contribution in [0.2, 0.25) is 10.0 Å². The van der Waals surface area contributed by atoms with Gasteiger partial charge in [0.05, 0.1) is 4.92 Å². The first-order valence-electron chi connectivity index (χ1n) is 6.44. The maximum atomic E-state index is 12.0. The monoisotopic (exact) mass is 338 g/mol. The molecule has 0 heterocycles. The van der Waals surface area contributed by atoms with E-state index in [2.05, 4.69) is 5.32 Å². The average molecular weight is 339 g/mol. The van der Waals surface area contributed by atoms with E-state index in [1.807, 2.05) is 0 Å². The molecule has 2 aromatic rings. The quantitative estimate of drug-likeness (QED) is 0.664. The molecule has 0 aliphatic rings. The number of nitrogens with zero attached hydrogens (tertiary/aromatic N) is 1. The van der Waals surface area contributed by atoms with E-state index >= 15 is 0 Å². The largest absolute Gasteiger partial charge is 0.351 e. The topological polar surface area (TPSA) is 72.2 Å². The molecule has 2 rings (SSSR count). The minimum Gasteiger partial charge on any atom is -0.351 e. The highest BCUT2D eigenvalue weighted by atomic mass is 35.5. The van der Waals surface area contributed by atoms with Crippen molar-refractivity contribution in [3.05, 3.63) is 73.8 Å². The number of amides is 1. The van der Waals surface area contributed by atoms with Crippen LogP contribution >= 0.6 is 23.2 Å². The first-order valence-corrected chi connectivity index (χ1v) is 7.20. The van der Waals surface area contributed by atoms with Crippen LogP contribution in [0.25, 0.3) is 0 Å². The van der Waals surface area contributed by atoms with Crippen LogP contribution in [0, 0.1) is 10.1 Å². The highest BCUT2D eigenvalue weighted by Crippen LogP contribution is 2.21. The van der Waals surface area contributed by atoms with Crippen molar-refractivity contribution in [2.75, 3.05) is 6.54 Å². The number of carbonyl (C=O) groups excluding carboxylic acids is 1. The van der Waals surface area contributed by atoms with Gasteiger partial charge >= 0.3 is 0 Å². The Hall–Kier alpha value is -2.11. The molecule has 0 aliphatic carbocycles. The van der Waals surface area contributed by atoms with Gasteiger partial charge in [0, 0.05) is 22.7 Å². The second-order valence-corrected chi connectivity index (χ2v) is 5.36. The molecule has 0 spiro atoms. The van der Waals surface area contributed by atoms with Crippen molar-refractivity contribution >= 4 is 34.8 Å². The van der Waals surface area contributed by atoms with Gasteiger partial charge in [0.15, 0.2) is 0 Å². The molecule has 5 nitrogen and oxygen atoms in total. The van der Waals surface area contributed by atoms with Crippen LogP contribution in [0.1, 0.15) is 15.9 Å². The summed E-state index contributed by atoms with van der Waals surface area (Å²) in [5.41, 5.74) is 0.660. The Morgan fingerprint density at radius 3 is 2.59 bits per heavy atom. The molecule has 0 aromatic heterocycles. The van der Waals surface area contributed by atoms with Gasteiger partial charge in [-0.3, -0.25) is 14.9 Å². The number of hydrogen-bond donors (Lipinski definition) is 1. The van der Waals surface area contributed by atoms with E-state index < -0.39 is 10.8 Å². The van der Waals surface area contributed by atoms with Crippen molar-refractivity contribution in [3.63, 3.8) is 0 Å². The van der Waals surface area contributed by atoms with Crippen LogP contribution in [0.5, 0.6) is 0 Å². The molecule has 0 atom stereocenters. The number of hydrogen-bond acceptors (Lipinski definition) is 3. The molecule has 0 radical (unpaired) electrons. The number of halogens is 2. The van der Waals surface area contributed by atoms with Crippen LogP contribution in [-0.4, -0.2) is 17.4 Å². The van der Waals surface area contributed by atoms with Crippen molar-refractivity contribution in [3.8, 4) is 0 Å². The lowest BCUT2D eigenvalue weighted by atomic mass is 10.1. The molecule has 0 saturated carbocycles. The summed E-state index contributed by atoms with van der Waals surface area (Å²) in [5.74, 6) is -0.489. The van der Waals surface area contributed by atoms with Gasteiger partial charge in [0.2, 0.25) is 0 Å². The SMILES string of the molecule is O=C(NCCc1ccc(Cl)cc1Cl)c1ccccc1[N+](=O)[O-]. The Labute approximate surface area is 137 Å². The Bertz CT molecular complexity index is 720. The van der Waals surface area contributed by atoms with E-state index in [0.717, 1.165) is 5.56 Å². The van der Waals surface area contributed by atoms with Crippen LogP contribution in [0.4, 0.5) is 5.69 Å². The normalized spacial score (nSPS) is 10.3. The summed E-state index contributed by atoms with van der Waals surface area (Å²) in [6.07, 6.45) is 0.502. The molecule has 114 valence electrons. The van der Waals surface area contributed by atoms with Gasteiger partial charge < -0.3 is 5.32 Å². The van der Waals surface area contributed by atoms with E-state index in [0.29, 0.717) is 23.0 Å². The summed E-state index contributed by atoms with van der Waals surface area (Å²) in [6.45, 7) is 0.312. The number of nitrogens with one attached hydrogen (secondary N) is 1. The molecule has 7 heteroatoms. The van der Waals surface area contributed by atoms with Crippen molar-refractivity contribution in [2.24, 2.45) is 0 Å². The summed E-state index contributed by atoms with van der Waals surface area (Å²) in [6, 6.07) is 10.9. The van der Waals surface area contributed by atoms with E-state index in [1.165, 1.54) is 18.2 Å². The fraction of sp³-hybridized carbons (Fsp3) is 0.133. The second kappa shape index (κ2) is 7.24. The number of benzene rings is 2. The van der Waals surface area contributed by atoms with Crippen molar-refractivity contribution < 1.29 is 9.72 Å². The van der Waals surface area contributed by atoms with E-state index in [9.17, 15) is 14.9 Å². The van der Waals surface area contributed by atoms with Gasteiger partial charge in [-0.05, 0) is 30.2 Å². The Morgan fingerprint density at radius 2 is 1.91 bits per heavy atom. The van der Waals surface area contributed by atoms with Crippen LogP contribution in [-0.2, 0) is 6.42 Å². The summed E-state index contributed by atoms with van der Waals surface area (Å²) >= 11 is 11.9. The van der Waals surface area contributed by atoms with Gasteiger partial charge in [0.25, 0.3) is 11.6 Å². The minimum atomic E-state index is -0.578. The summed E-state index contributed by atoms with van der Waals surface area (Å²) < 4.78 is 0. The summed E-state index contributed by atoms with van der Waals surface area (Å²) in [5, 5.41) is 14.6. The lowest BCUT2D eigenvalue weighted by Gasteiger charge is -2.07. The lowest BCUT2D eigenvalue weighted by Crippen LogP contribution is -2.26. The van der Waals surface area contributed by atoms with Crippen LogP contribution in [0.15, 0.2) is 42.5 Å². The zero-order chi connectivity index (χ0) is 16.1. The molecule has 0 aliphatic heterocycles. The van der Waals surface area contributed by atoms with Gasteiger partial charge in [-0.2, -0.15) is 0 Å². The van der Waals surface area contributed by atoms with Crippen LogP contribution < -0.4 is 5.32 Å². The molecule has 0 saturated heterocycles. The number of para-hydroxylation sites is 1. The molecule has 0 bridgehead atoms. The predicted molar refractivity (Wildman–Crippen MR) is 85.6 cm³/mol. The Morgan fingerprint density at radius 1 is 1.18 bits per heavy atom. The van der Waals surface area contributed by atoms with Crippen molar-refractivity contribution in [2.45, 2.75) is 6.42 Å². The number of nitro benzene ring substituents is 1. The molecule has 22 heavy (non-hydrogen) atoms. The molecule has 1 amide bonds. The minimum absolute atomic E-state index is 0.0368. The first-order chi connectivity index (χ1) is 10.5. The predicted octanol–water partition coefficient (Wildman–Crippen LogP) is 3.87. The van der Waals surface area contributed by atoms with Gasteiger partial charge in [0.1, 0.15) is 5.56 Å². The number of carbonyl (C=O) groups is 1. The number of nitro groups is 1. The smallest absolute Gasteiger partial charge is 0.282 e. The fourth-order valence-electron chi connectivity index (χ4n) is 1.96. The molecule has 0 fully saturated rings. The standard InChI is InChI=1S/C15H12Cl2N2O3/c16-11-6-5-10(13(17)9-11)7-8-18-15(20)12-3-1-2-4-14(12)19(21)22/h1-6,9H,7-8H2,(H,18,20). The molecule has 2 aromatic carbocycles. The summed E-state index contributed by atoms with van der Waals surface area (Å²) in [7, 11) is 0. The van der Waals surface area contributed by atoms with Crippen molar-refractivity contribution in [1.82, 2.24) is 5.32 Å². The van der Waals surface area contributed by atoms with Gasteiger partial charge in [-0.1, -0.05) is 41.4 Å². The van der Waals surface area contributed by atoms with Gasteiger partial charge in [-0.15, -0.1) is 0 Å². The number of rotatable bonds is 5. The highest BCUT2D eigenvalue weighted by Gasteiger charge is 2.18. The first kappa shape index (κ1) is 16.3. The van der Waals surface area contributed by atoms with E-state index in [4.69, 9.17) is 23.2 Å². The molecule has 0 unspecified atom stereocenters. The van der Waals surface area contributed by atoms with Gasteiger partial charge in [-0.25, -0.2) is 0 Å². The third-order valence-electron chi connectivity index (χ3n) is 3.04. The zero-order valence-electron chi connectivity index (χ0n) is 11.4. The van der Waals surface area contributed by atoms with E-state index in [-0.39, 0.29) is 11.3 Å². The van der Waals surface area contributed by atoms with Crippen molar-refractivity contribution in [1.29, 1.82) is 0 Å². The average Bonchev–Trinajstić information content (AvgIpc) is 2.49. The highest BCUT2D eigenvalue weighted by molar-refractivity contribution is 6.35.